The zero-order valence-electron chi connectivity index (χ0n) is 14.9. The molecule has 0 saturated heterocycles. The predicted octanol–water partition coefficient (Wildman–Crippen LogP) is 5.58. The lowest BCUT2D eigenvalue weighted by atomic mass is 9.85. The number of halogens is 2. The van der Waals surface area contributed by atoms with E-state index in [4.69, 9.17) is 11.6 Å². The van der Waals surface area contributed by atoms with E-state index in [-0.39, 0.29) is 23.9 Å². The van der Waals surface area contributed by atoms with Crippen molar-refractivity contribution in [3.63, 3.8) is 0 Å². The van der Waals surface area contributed by atoms with E-state index in [1.165, 1.54) is 23.5 Å². The summed E-state index contributed by atoms with van der Waals surface area (Å²) in [5.74, 6) is -1.27. The summed E-state index contributed by atoms with van der Waals surface area (Å²) in [5, 5.41) is 6.68. The standard InChI is InChI=1S/C21H16ClFN2O2S/c1-11-18-13(12-6-2-3-7-14(12)22)10-17(26)25-21(18)28-19(11)20(27)24-16-9-5-4-8-15(16)23/h2-9,13H,10H2,1H3,(H,24,27)(H,25,26)/t13-/m0/s1. The average molecular weight is 415 g/mol. The van der Waals surface area contributed by atoms with Crippen molar-refractivity contribution in [1.29, 1.82) is 0 Å². The molecule has 0 saturated carbocycles. The molecule has 4 rings (SSSR count). The maximum atomic E-state index is 13.9. The number of nitrogens with one attached hydrogen (secondary N) is 2. The predicted molar refractivity (Wildman–Crippen MR) is 110 cm³/mol. The van der Waals surface area contributed by atoms with Gasteiger partial charge in [-0.2, -0.15) is 0 Å². The molecule has 0 radical (unpaired) electrons. The number of hydrogen-bond acceptors (Lipinski definition) is 3. The van der Waals surface area contributed by atoms with Gasteiger partial charge >= 0.3 is 0 Å². The lowest BCUT2D eigenvalue weighted by Crippen LogP contribution is -2.22. The second-order valence-corrected chi connectivity index (χ2v) is 7.99. The summed E-state index contributed by atoms with van der Waals surface area (Å²) < 4.78 is 13.9. The summed E-state index contributed by atoms with van der Waals surface area (Å²) in [6, 6.07) is 13.4. The highest BCUT2D eigenvalue weighted by atomic mass is 35.5. The molecule has 7 heteroatoms. The largest absolute Gasteiger partial charge is 0.319 e. The van der Waals surface area contributed by atoms with E-state index in [0.29, 0.717) is 14.9 Å². The fourth-order valence-electron chi connectivity index (χ4n) is 3.49. The molecule has 0 aliphatic carbocycles. The van der Waals surface area contributed by atoms with Crippen LogP contribution in [0.1, 0.15) is 38.7 Å². The van der Waals surface area contributed by atoms with Crippen molar-refractivity contribution >= 4 is 45.4 Å². The minimum Gasteiger partial charge on any atom is -0.319 e. The molecule has 1 aliphatic rings. The lowest BCUT2D eigenvalue weighted by Gasteiger charge is -2.24. The molecule has 1 aromatic heterocycles. The van der Waals surface area contributed by atoms with Crippen LogP contribution in [0.15, 0.2) is 48.5 Å². The molecular formula is C21H16ClFN2O2S. The Bertz CT molecular complexity index is 1100. The van der Waals surface area contributed by atoms with E-state index in [1.54, 1.807) is 18.2 Å². The Hall–Kier alpha value is -2.70. The highest BCUT2D eigenvalue weighted by Crippen LogP contribution is 2.46. The SMILES string of the molecule is Cc1c(C(=O)Nc2ccccc2F)sc2c1[C@H](c1ccccc1Cl)CC(=O)N2. The number of amides is 2. The zero-order valence-corrected chi connectivity index (χ0v) is 16.5. The second-order valence-electron chi connectivity index (χ2n) is 6.56. The molecule has 3 aromatic rings. The third-order valence-electron chi connectivity index (χ3n) is 4.79. The molecule has 2 amide bonds. The molecule has 0 unspecified atom stereocenters. The minimum absolute atomic E-state index is 0.116. The van der Waals surface area contributed by atoms with Gasteiger partial charge in [0.1, 0.15) is 5.82 Å². The maximum Gasteiger partial charge on any atom is 0.266 e. The summed E-state index contributed by atoms with van der Waals surface area (Å²) in [4.78, 5) is 25.5. The maximum absolute atomic E-state index is 13.9. The van der Waals surface area contributed by atoms with Crippen molar-refractivity contribution in [3.05, 3.63) is 80.9 Å². The normalized spacial score (nSPS) is 15.7. The van der Waals surface area contributed by atoms with Gasteiger partial charge in [-0.25, -0.2) is 4.39 Å². The molecule has 2 N–H and O–H groups in total. The Morgan fingerprint density at radius 2 is 1.93 bits per heavy atom. The van der Waals surface area contributed by atoms with E-state index in [1.807, 2.05) is 25.1 Å². The quantitative estimate of drug-likeness (QED) is 0.588. The van der Waals surface area contributed by atoms with Crippen LogP contribution in [-0.2, 0) is 4.79 Å². The summed E-state index contributed by atoms with van der Waals surface area (Å²) >= 11 is 7.56. The summed E-state index contributed by atoms with van der Waals surface area (Å²) in [7, 11) is 0. The summed E-state index contributed by atoms with van der Waals surface area (Å²) in [6.45, 7) is 1.84. The number of fused-ring (bicyclic) bond motifs is 1. The second kappa shape index (κ2) is 7.37. The number of carbonyl (C=O) groups is 2. The molecule has 2 heterocycles. The highest BCUT2D eigenvalue weighted by Gasteiger charge is 2.33. The molecule has 4 nitrogen and oxygen atoms in total. The fraction of sp³-hybridized carbons (Fsp3) is 0.143. The van der Waals surface area contributed by atoms with Gasteiger partial charge in [0.15, 0.2) is 0 Å². The van der Waals surface area contributed by atoms with Gasteiger partial charge in [0.25, 0.3) is 5.91 Å². The third-order valence-corrected chi connectivity index (χ3v) is 6.36. The van der Waals surface area contributed by atoms with Crippen LogP contribution in [0.3, 0.4) is 0 Å². The Kier molecular flexibility index (Phi) is 4.91. The topological polar surface area (TPSA) is 58.2 Å². The van der Waals surface area contributed by atoms with Crippen LogP contribution in [0.4, 0.5) is 15.1 Å². The molecule has 0 bridgehead atoms. The van der Waals surface area contributed by atoms with Crippen molar-refractivity contribution in [2.45, 2.75) is 19.3 Å². The Morgan fingerprint density at radius 3 is 2.68 bits per heavy atom. The number of rotatable bonds is 3. The molecular weight excluding hydrogens is 399 g/mol. The highest BCUT2D eigenvalue weighted by molar-refractivity contribution is 7.18. The van der Waals surface area contributed by atoms with E-state index in [0.717, 1.165) is 16.7 Å². The number of anilines is 2. The van der Waals surface area contributed by atoms with E-state index < -0.39 is 11.7 Å². The number of benzene rings is 2. The molecule has 142 valence electrons. The van der Waals surface area contributed by atoms with E-state index >= 15 is 0 Å². The first-order chi connectivity index (χ1) is 13.5. The van der Waals surface area contributed by atoms with Crippen molar-refractivity contribution in [2.24, 2.45) is 0 Å². The first-order valence-corrected chi connectivity index (χ1v) is 9.88. The van der Waals surface area contributed by atoms with Gasteiger partial charge in [0, 0.05) is 17.4 Å². The van der Waals surface area contributed by atoms with Gasteiger partial charge in [-0.15, -0.1) is 11.3 Å². The van der Waals surface area contributed by atoms with Gasteiger partial charge in [0.2, 0.25) is 5.91 Å². The van der Waals surface area contributed by atoms with Crippen molar-refractivity contribution in [3.8, 4) is 0 Å². The zero-order chi connectivity index (χ0) is 19.8. The van der Waals surface area contributed by atoms with Crippen LogP contribution in [0.2, 0.25) is 5.02 Å². The van der Waals surface area contributed by atoms with Gasteiger partial charge in [-0.1, -0.05) is 41.9 Å². The Balaban J connectivity index is 1.74. The number of thiophene rings is 1. The van der Waals surface area contributed by atoms with Crippen molar-refractivity contribution < 1.29 is 14.0 Å². The molecule has 0 spiro atoms. The number of hydrogen-bond donors (Lipinski definition) is 2. The van der Waals surface area contributed by atoms with Gasteiger partial charge in [-0.3, -0.25) is 9.59 Å². The van der Waals surface area contributed by atoms with Crippen LogP contribution in [0.5, 0.6) is 0 Å². The number of carbonyl (C=O) groups excluding carboxylic acids is 2. The van der Waals surface area contributed by atoms with Crippen molar-refractivity contribution in [2.75, 3.05) is 10.6 Å². The van der Waals surface area contributed by atoms with Crippen LogP contribution in [0.25, 0.3) is 0 Å². The smallest absolute Gasteiger partial charge is 0.266 e. The fourth-order valence-corrected chi connectivity index (χ4v) is 4.93. The van der Waals surface area contributed by atoms with Crippen LogP contribution in [0, 0.1) is 12.7 Å². The van der Waals surface area contributed by atoms with Crippen LogP contribution < -0.4 is 10.6 Å². The van der Waals surface area contributed by atoms with E-state index in [9.17, 15) is 14.0 Å². The van der Waals surface area contributed by atoms with Crippen LogP contribution >= 0.6 is 22.9 Å². The molecule has 1 aliphatic heterocycles. The van der Waals surface area contributed by atoms with Crippen molar-refractivity contribution in [1.82, 2.24) is 0 Å². The summed E-state index contributed by atoms with van der Waals surface area (Å²) in [5.41, 5.74) is 2.61. The monoisotopic (exact) mass is 414 g/mol. The average Bonchev–Trinajstić information content (AvgIpc) is 3.00. The summed E-state index contributed by atoms with van der Waals surface area (Å²) in [6.07, 6.45) is 0.253. The van der Waals surface area contributed by atoms with Gasteiger partial charge < -0.3 is 10.6 Å². The van der Waals surface area contributed by atoms with E-state index in [2.05, 4.69) is 10.6 Å². The molecule has 28 heavy (non-hydrogen) atoms. The Morgan fingerprint density at radius 1 is 1.21 bits per heavy atom. The first-order valence-electron chi connectivity index (χ1n) is 8.69. The van der Waals surface area contributed by atoms with Gasteiger partial charge in [0.05, 0.1) is 15.6 Å². The molecule has 2 aromatic carbocycles. The Labute approximate surface area is 170 Å². The number of para-hydroxylation sites is 1. The first kappa shape index (κ1) is 18.7. The molecule has 1 atom stereocenters. The lowest BCUT2D eigenvalue weighted by molar-refractivity contribution is -0.116. The third kappa shape index (κ3) is 3.30. The van der Waals surface area contributed by atoms with Gasteiger partial charge in [-0.05, 0) is 41.8 Å². The molecule has 0 fully saturated rings. The minimum atomic E-state index is -0.503. The van der Waals surface area contributed by atoms with Crippen LogP contribution in [-0.4, -0.2) is 11.8 Å².